The molecule has 3 aromatic rings. The summed E-state index contributed by atoms with van der Waals surface area (Å²) >= 11 is 0. The Labute approximate surface area is 200 Å². The first-order valence-corrected chi connectivity index (χ1v) is 10.2. The number of imidazole rings is 1. The molecule has 3 rings (SSSR count). The van der Waals surface area contributed by atoms with E-state index in [4.69, 9.17) is 4.99 Å². The van der Waals surface area contributed by atoms with Gasteiger partial charge in [0, 0.05) is 51.3 Å². The number of nitrogens with zero attached hydrogens (tertiary/aromatic N) is 6. The van der Waals surface area contributed by atoms with Gasteiger partial charge in [-0.05, 0) is 30.5 Å². The van der Waals surface area contributed by atoms with Crippen molar-refractivity contribution in [2.24, 2.45) is 12.0 Å². The Morgan fingerprint density at radius 2 is 2.10 bits per heavy atom. The molecule has 0 unspecified atom stereocenters. The van der Waals surface area contributed by atoms with Crippen molar-refractivity contribution in [3.05, 3.63) is 65.8 Å². The minimum absolute atomic E-state index is 0. The van der Waals surface area contributed by atoms with Gasteiger partial charge in [-0.2, -0.15) is 5.10 Å². The lowest BCUT2D eigenvalue weighted by Crippen LogP contribution is -2.38. The first kappa shape index (κ1) is 24.8. The fourth-order valence-electron chi connectivity index (χ4n) is 3.39. The first-order valence-electron chi connectivity index (χ1n) is 10.2. The van der Waals surface area contributed by atoms with E-state index in [2.05, 4.69) is 40.3 Å². The van der Waals surface area contributed by atoms with E-state index in [9.17, 15) is 4.39 Å². The highest BCUT2D eigenvalue weighted by Gasteiger charge is 2.15. The quantitative estimate of drug-likeness (QED) is 0.279. The molecule has 0 saturated carbocycles. The van der Waals surface area contributed by atoms with Crippen molar-refractivity contribution in [3.63, 3.8) is 0 Å². The number of aliphatic imine (C=N–C) groups is 1. The van der Waals surface area contributed by atoms with Gasteiger partial charge in [-0.25, -0.2) is 14.4 Å². The summed E-state index contributed by atoms with van der Waals surface area (Å²) in [7, 11) is 3.94. The van der Waals surface area contributed by atoms with Crippen LogP contribution in [0.3, 0.4) is 0 Å². The molecule has 0 saturated heterocycles. The van der Waals surface area contributed by atoms with E-state index in [0.717, 1.165) is 23.8 Å². The van der Waals surface area contributed by atoms with Crippen molar-refractivity contribution in [1.82, 2.24) is 29.5 Å². The molecule has 0 fully saturated rings. The number of aromatic nitrogens is 4. The van der Waals surface area contributed by atoms with Crippen LogP contribution in [0.5, 0.6) is 0 Å². The molecule has 1 aromatic carbocycles. The van der Waals surface area contributed by atoms with Crippen molar-refractivity contribution >= 4 is 29.9 Å². The highest BCUT2D eigenvalue weighted by molar-refractivity contribution is 14.0. The number of guanidine groups is 1. The Balaban J connectivity index is 0.00000341. The normalized spacial score (nSPS) is 11.5. The highest BCUT2D eigenvalue weighted by atomic mass is 127. The number of rotatable bonds is 7. The SMILES string of the molecule is CCNC(=NCc1ccc(-n2ccnc2)c(F)c1)N(C)Cc1cn(C)nc1C(C)C.I. The second-order valence-corrected chi connectivity index (χ2v) is 7.65. The number of nitrogens with one attached hydrogen (secondary N) is 1. The summed E-state index contributed by atoms with van der Waals surface area (Å²) in [6.07, 6.45) is 6.99. The first-order chi connectivity index (χ1) is 14.4. The van der Waals surface area contributed by atoms with Gasteiger partial charge in [-0.15, -0.1) is 24.0 Å². The molecule has 1 N–H and O–H groups in total. The summed E-state index contributed by atoms with van der Waals surface area (Å²) in [4.78, 5) is 10.8. The van der Waals surface area contributed by atoms with Crippen molar-refractivity contribution in [2.45, 2.75) is 39.8 Å². The zero-order chi connectivity index (χ0) is 21.7. The standard InChI is InChI=1S/C22H30FN7.HI/c1-6-25-22(28(4)13-18-14-29(5)27-21(18)16(2)3)26-12-17-7-8-20(19(23)11-17)30-10-9-24-15-30;/h7-11,14-16H,6,12-13H2,1-5H3,(H,25,26);1H. The third-order valence-corrected chi connectivity index (χ3v) is 4.79. The summed E-state index contributed by atoms with van der Waals surface area (Å²) in [5.41, 5.74) is 3.56. The summed E-state index contributed by atoms with van der Waals surface area (Å²) < 4.78 is 18.0. The number of hydrogen-bond donors (Lipinski definition) is 1. The van der Waals surface area contributed by atoms with Gasteiger partial charge in [0.25, 0.3) is 0 Å². The maximum absolute atomic E-state index is 14.5. The maximum atomic E-state index is 14.5. The summed E-state index contributed by atoms with van der Waals surface area (Å²) in [6.45, 7) is 8.16. The van der Waals surface area contributed by atoms with E-state index < -0.39 is 0 Å². The topological polar surface area (TPSA) is 63.3 Å². The second-order valence-electron chi connectivity index (χ2n) is 7.65. The molecule has 0 aliphatic heterocycles. The molecule has 0 bridgehead atoms. The third-order valence-electron chi connectivity index (χ3n) is 4.79. The van der Waals surface area contributed by atoms with Gasteiger partial charge in [0.2, 0.25) is 0 Å². The van der Waals surface area contributed by atoms with Crippen LogP contribution in [0.1, 0.15) is 43.5 Å². The molecule has 7 nitrogen and oxygen atoms in total. The molecular weight excluding hydrogens is 508 g/mol. The predicted octanol–water partition coefficient (Wildman–Crippen LogP) is 4.08. The smallest absolute Gasteiger partial charge is 0.194 e. The molecule has 168 valence electrons. The van der Waals surface area contributed by atoms with Crippen LogP contribution in [0.15, 0.2) is 48.1 Å². The molecule has 0 spiro atoms. The maximum Gasteiger partial charge on any atom is 0.194 e. The van der Waals surface area contributed by atoms with Crippen molar-refractivity contribution in [2.75, 3.05) is 13.6 Å². The van der Waals surface area contributed by atoms with Gasteiger partial charge in [0.1, 0.15) is 5.82 Å². The third kappa shape index (κ3) is 6.28. The van der Waals surface area contributed by atoms with Gasteiger partial charge < -0.3 is 14.8 Å². The van der Waals surface area contributed by atoms with Gasteiger partial charge in [-0.3, -0.25) is 4.68 Å². The molecule has 9 heteroatoms. The minimum Gasteiger partial charge on any atom is -0.357 e. The molecule has 0 radical (unpaired) electrons. The van der Waals surface area contributed by atoms with Gasteiger partial charge in [-0.1, -0.05) is 19.9 Å². The van der Waals surface area contributed by atoms with Crippen LogP contribution in [0.25, 0.3) is 5.69 Å². The van der Waals surface area contributed by atoms with E-state index in [0.29, 0.717) is 24.7 Å². The van der Waals surface area contributed by atoms with Crippen LogP contribution in [0, 0.1) is 5.82 Å². The van der Waals surface area contributed by atoms with E-state index in [1.54, 1.807) is 29.4 Å². The van der Waals surface area contributed by atoms with Crippen molar-refractivity contribution < 1.29 is 4.39 Å². The predicted molar refractivity (Wildman–Crippen MR) is 133 cm³/mol. The van der Waals surface area contributed by atoms with E-state index in [1.807, 2.05) is 31.8 Å². The minimum atomic E-state index is -0.295. The summed E-state index contributed by atoms with van der Waals surface area (Å²) in [5, 5.41) is 7.90. The molecule has 2 aromatic heterocycles. The molecule has 0 aliphatic rings. The molecule has 31 heavy (non-hydrogen) atoms. The largest absolute Gasteiger partial charge is 0.357 e. The molecule has 0 amide bonds. The van der Waals surface area contributed by atoms with E-state index >= 15 is 0 Å². The zero-order valence-corrected chi connectivity index (χ0v) is 21.0. The van der Waals surface area contributed by atoms with Crippen molar-refractivity contribution in [1.29, 1.82) is 0 Å². The Hall–Kier alpha value is -2.43. The van der Waals surface area contributed by atoms with Crippen molar-refractivity contribution in [3.8, 4) is 5.69 Å². The zero-order valence-electron chi connectivity index (χ0n) is 18.7. The lowest BCUT2D eigenvalue weighted by Gasteiger charge is -2.22. The van der Waals surface area contributed by atoms with Gasteiger partial charge >= 0.3 is 0 Å². The highest BCUT2D eigenvalue weighted by Crippen LogP contribution is 2.19. The van der Waals surface area contributed by atoms with E-state index in [1.165, 1.54) is 11.6 Å². The summed E-state index contributed by atoms with van der Waals surface area (Å²) in [6, 6.07) is 5.17. The number of aryl methyl sites for hydroxylation is 1. The Morgan fingerprint density at radius 3 is 2.71 bits per heavy atom. The molecule has 0 atom stereocenters. The number of halogens is 2. The summed E-state index contributed by atoms with van der Waals surface area (Å²) in [5.74, 6) is 0.831. The Kier molecular flexibility index (Phi) is 9.02. The second kappa shape index (κ2) is 11.3. The van der Waals surface area contributed by atoms with Gasteiger partial charge in [0.15, 0.2) is 5.96 Å². The van der Waals surface area contributed by atoms with Crippen LogP contribution in [-0.4, -0.2) is 43.8 Å². The molecule has 0 aliphatic carbocycles. The average molecular weight is 539 g/mol. The molecular formula is C22H31FIN7. The Morgan fingerprint density at radius 1 is 1.32 bits per heavy atom. The number of benzene rings is 1. The fourth-order valence-corrected chi connectivity index (χ4v) is 3.39. The lowest BCUT2D eigenvalue weighted by atomic mass is 10.1. The molecule has 2 heterocycles. The van der Waals surface area contributed by atoms with Crippen LogP contribution < -0.4 is 5.32 Å². The Bertz CT molecular complexity index is 995. The number of hydrogen-bond acceptors (Lipinski definition) is 3. The average Bonchev–Trinajstić information content (AvgIpc) is 3.35. The fraction of sp³-hybridized carbons (Fsp3) is 0.409. The lowest BCUT2D eigenvalue weighted by molar-refractivity contribution is 0.473. The van der Waals surface area contributed by atoms with Crippen LogP contribution in [-0.2, 0) is 20.1 Å². The van der Waals surface area contributed by atoms with Crippen LogP contribution >= 0.6 is 24.0 Å². The van der Waals surface area contributed by atoms with Crippen LogP contribution in [0.4, 0.5) is 4.39 Å². The monoisotopic (exact) mass is 539 g/mol. The van der Waals surface area contributed by atoms with Gasteiger partial charge in [0.05, 0.1) is 24.3 Å². The van der Waals surface area contributed by atoms with E-state index in [-0.39, 0.29) is 29.8 Å². The van der Waals surface area contributed by atoms with Crippen LogP contribution in [0.2, 0.25) is 0 Å².